The monoisotopic (exact) mass is 825 g/mol. The molecule has 0 saturated heterocycles. The van der Waals surface area contributed by atoms with Crippen molar-refractivity contribution in [1.29, 1.82) is 0 Å². The van der Waals surface area contributed by atoms with Crippen molar-refractivity contribution in [2.45, 2.75) is 168 Å². The van der Waals surface area contributed by atoms with Crippen LogP contribution in [0.15, 0.2) is 146 Å². The van der Waals surface area contributed by atoms with E-state index in [-0.39, 0.29) is 31.6 Å². The quantitative estimate of drug-likeness (QED) is 0.0350. The summed E-state index contributed by atoms with van der Waals surface area (Å²) in [4.78, 5) is 25.2. The van der Waals surface area contributed by atoms with Crippen LogP contribution in [0.3, 0.4) is 0 Å². The summed E-state index contributed by atoms with van der Waals surface area (Å²) in [7, 11) is 0. The highest BCUT2D eigenvalue weighted by Crippen LogP contribution is 2.09. The number of ether oxygens (including phenoxy) is 3. The SMILES string of the molecule is CC/C=C\C/C=C\C/C=C\C/C=C\C/C=C\CCCCOCC(COC(=O)CC/C=C\C/C=C\C/C=C\C/C=C\CC)OC(=O)CCCCC/C=C\C/C=C\C/C=C\CC. The van der Waals surface area contributed by atoms with Gasteiger partial charge in [-0.25, -0.2) is 0 Å². The lowest BCUT2D eigenvalue weighted by Gasteiger charge is -2.18. The molecule has 0 saturated carbocycles. The maximum Gasteiger partial charge on any atom is 0.306 e. The normalized spacial score (nSPS) is 13.6. The molecule has 0 aliphatic rings. The Hall–Kier alpha value is -4.22. The molecule has 60 heavy (non-hydrogen) atoms. The number of hydrogen-bond donors (Lipinski definition) is 0. The standard InChI is InChI=1S/C55H84O5/c1-4-7-10-13-16-19-22-25-26-27-28-29-32-35-38-41-44-47-50-58-51-53(60-55(57)49-46-43-40-37-34-31-24-21-18-15-12-9-6-3)52-59-54(56)48-45-42-39-36-33-30-23-20-17-14-11-8-5-2/h7-12,16-21,25-26,28-31,33-35,38-39,42,53H,4-6,13-15,22-24,27,32,36-37,40-41,43-52H2,1-3H3/b10-7-,11-8-,12-9-,19-16-,20-17-,21-18-,26-25-,29-28-,33-30-,34-31-,38-35-,42-39-. The Morgan fingerprint density at radius 3 is 1.15 bits per heavy atom. The number of allylic oxidation sites excluding steroid dienone is 24. The fourth-order valence-electron chi connectivity index (χ4n) is 5.50. The maximum absolute atomic E-state index is 12.7. The lowest BCUT2D eigenvalue weighted by atomic mass is 10.1. The van der Waals surface area contributed by atoms with Crippen LogP contribution in [-0.4, -0.2) is 37.9 Å². The second kappa shape index (κ2) is 49.1. The molecule has 0 heterocycles. The lowest BCUT2D eigenvalue weighted by Crippen LogP contribution is -2.30. The molecule has 0 aromatic carbocycles. The molecule has 0 amide bonds. The van der Waals surface area contributed by atoms with Crippen molar-refractivity contribution in [3.05, 3.63) is 146 Å². The Labute approximate surface area is 368 Å². The second-order valence-electron chi connectivity index (χ2n) is 14.5. The topological polar surface area (TPSA) is 61.8 Å². The van der Waals surface area contributed by atoms with Gasteiger partial charge in [-0.15, -0.1) is 0 Å². The maximum atomic E-state index is 12.7. The summed E-state index contributed by atoms with van der Waals surface area (Å²) in [5.74, 6) is -0.567. The Balaban J connectivity index is 4.52. The van der Waals surface area contributed by atoms with Crippen LogP contribution in [0.2, 0.25) is 0 Å². The number of hydrogen-bond acceptors (Lipinski definition) is 5. The summed E-state index contributed by atoms with van der Waals surface area (Å²) in [6, 6.07) is 0. The van der Waals surface area contributed by atoms with Crippen molar-refractivity contribution in [2.75, 3.05) is 19.8 Å². The zero-order valence-corrected chi connectivity index (χ0v) is 38.2. The summed E-state index contributed by atoms with van der Waals surface area (Å²) in [6.07, 6.45) is 71.6. The highest BCUT2D eigenvalue weighted by Gasteiger charge is 2.17. The van der Waals surface area contributed by atoms with E-state index in [4.69, 9.17) is 14.2 Å². The van der Waals surface area contributed by atoms with Crippen LogP contribution >= 0.6 is 0 Å². The highest BCUT2D eigenvalue weighted by molar-refractivity contribution is 5.70. The molecule has 0 aromatic heterocycles. The Kier molecular flexibility index (Phi) is 45.7. The first-order valence-electron chi connectivity index (χ1n) is 23.4. The van der Waals surface area contributed by atoms with Crippen molar-refractivity contribution >= 4 is 11.9 Å². The van der Waals surface area contributed by atoms with Gasteiger partial charge in [-0.1, -0.05) is 173 Å². The van der Waals surface area contributed by atoms with E-state index in [2.05, 4.69) is 161 Å². The summed E-state index contributed by atoms with van der Waals surface area (Å²) < 4.78 is 17.2. The van der Waals surface area contributed by atoms with Crippen LogP contribution in [0, 0.1) is 0 Å². The highest BCUT2D eigenvalue weighted by atomic mass is 16.6. The van der Waals surface area contributed by atoms with Gasteiger partial charge >= 0.3 is 11.9 Å². The fraction of sp³-hybridized carbons (Fsp3) is 0.527. The third kappa shape index (κ3) is 46.5. The van der Waals surface area contributed by atoms with Gasteiger partial charge < -0.3 is 14.2 Å². The molecular weight excluding hydrogens is 741 g/mol. The largest absolute Gasteiger partial charge is 0.462 e. The van der Waals surface area contributed by atoms with Crippen LogP contribution in [0.5, 0.6) is 0 Å². The Bertz CT molecular complexity index is 1350. The number of rotatable bonds is 40. The molecular formula is C55H84O5. The molecule has 0 fully saturated rings. The van der Waals surface area contributed by atoms with E-state index >= 15 is 0 Å². The molecule has 0 N–H and O–H groups in total. The van der Waals surface area contributed by atoms with Gasteiger partial charge in [0.1, 0.15) is 6.61 Å². The van der Waals surface area contributed by atoms with Gasteiger partial charge in [0.25, 0.3) is 0 Å². The predicted octanol–water partition coefficient (Wildman–Crippen LogP) is 15.8. The van der Waals surface area contributed by atoms with E-state index in [1.54, 1.807) is 0 Å². The first-order chi connectivity index (χ1) is 29.6. The zero-order valence-electron chi connectivity index (χ0n) is 38.2. The van der Waals surface area contributed by atoms with Crippen LogP contribution in [0.4, 0.5) is 0 Å². The van der Waals surface area contributed by atoms with Gasteiger partial charge in [-0.3, -0.25) is 9.59 Å². The van der Waals surface area contributed by atoms with E-state index in [0.29, 0.717) is 19.4 Å². The van der Waals surface area contributed by atoms with Crippen molar-refractivity contribution in [2.24, 2.45) is 0 Å². The number of carbonyl (C=O) groups is 2. The molecule has 0 bridgehead atoms. The minimum Gasteiger partial charge on any atom is -0.462 e. The smallest absolute Gasteiger partial charge is 0.306 e. The minimum atomic E-state index is -0.613. The van der Waals surface area contributed by atoms with E-state index in [9.17, 15) is 9.59 Å². The van der Waals surface area contributed by atoms with E-state index in [0.717, 1.165) is 122 Å². The molecule has 5 heteroatoms. The van der Waals surface area contributed by atoms with Crippen molar-refractivity contribution in [1.82, 2.24) is 0 Å². The Morgan fingerprint density at radius 1 is 0.367 bits per heavy atom. The molecule has 0 spiro atoms. The molecule has 0 aliphatic carbocycles. The molecule has 0 rings (SSSR count). The second-order valence-corrected chi connectivity index (χ2v) is 14.5. The number of carbonyl (C=O) groups excluding carboxylic acids is 2. The fourth-order valence-corrected chi connectivity index (χ4v) is 5.50. The number of esters is 2. The van der Waals surface area contributed by atoms with Crippen molar-refractivity contribution in [3.8, 4) is 0 Å². The molecule has 0 aromatic rings. The van der Waals surface area contributed by atoms with Crippen LogP contribution in [-0.2, 0) is 23.8 Å². The van der Waals surface area contributed by atoms with Crippen molar-refractivity contribution in [3.63, 3.8) is 0 Å². The zero-order chi connectivity index (χ0) is 43.5. The van der Waals surface area contributed by atoms with Gasteiger partial charge in [0, 0.05) is 19.4 Å². The van der Waals surface area contributed by atoms with Crippen LogP contribution < -0.4 is 0 Å². The predicted molar refractivity (Wildman–Crippen MR) is 260 cm³/mol. The summed E-state index contributed by atoms with van der Waals surface area (Å²) in [5.41, 5.74) is 0. The van der Waals surface area contributed by atoms with Crippen LogP contribution in [0.1, 0.15) is 162 Å². The summed E-state index contributed by atoms with van der Waals surface area (Å²) in [6.45, 7) is 7.23. The third-order valence-corrected chi connectivity index (χ3v) is 8.86. The van der Waals surface area contributed by atoms with E-state index < -0.39 is 6.10 Å². The van der Waals surface area contributed by atoms with Gasteiger partial charge in [0.05, 0.1) is 6.61 Å². The molecule has 1 atom stereocenters. The van der Waals surface area contributed by atoms with E-state index in [1.165, 1.54) is 0 Å². The first kappa shape index (κ1) is 55.8. The molecule has 334 valence electrons. The minimum absolute atomic E-state index is 0.00689. The van der Waals surface area contributed by atoms with Gasteiger partial charge in [-0.2, -0.15) is 0 Å². The van der Waals surface area contributed by atoms with Crippen molar-refractivity contribution < 1.29 is 23.8 Å². The number of unbranched alkanes of at least 4 members (excludes halogenated alkanes) is 5. The molecule has 5 nitrogen and oxygen atoms in total. The van der Waals surface area contributed by atoms with Gasteiger partial charge in [0.2, 0.25) is 0 Å². The van der Waals surface area contributed by atoms with Gasteiger partial charge in [0.15, 0.2) is 6.10 Å². The third-order valence-electron chi connectivity index (χ3n) is 8.86. The molecule has 0 radical (unpaired) electrons. The average Bonchev–Trinajstić information content (AvgIpc) is 3.25. The summed E-state index contributed by atoms with van der Waals surface area (Å²) >= 11 is 0. The first-order valence-corrected chi connectivity index (χ1v) is 23.4. The molecule has 0 aliphatic heterocycles. The summed E-state index contributed by atoms with van der Waals surface area (Å²) in [5, 5.41) is 0. The van der Waals surface area contributed by atoms with Crippen LogP contribution in [0.25, 0.3) is 0 Å². The van der Waals surface area contributed by atoms with E-state index in [1.807, 2.05) is 6.08 Å². The lowest BCUT2D eigenvalue weighted by molar-refractivity contribution is -0.162. The average molecular weight is 825 g/mol. The Morgan fingerprint density at radius 2 is 0.733 bits per heavy atom. The molecule has 1 unspecified atom stereocenters. The van der Waals surface area contributed by atoms with Gasteiger partial charge in [-0.05, 0) is 122 Å².